The van der Waals surface area contributed by atoms with Gasteiger partial charge in [0.2, 0.25) is 0 Å². The maximum Gasteiger partial charge on any atom is 0.128 e. The van der Waals surface area contributed by atoms with Crippen LogP contribution in [0.15, 0.2) is 42.7 Å². The van der Waals surface area contributed by atoms with E-state index in [1.165, 1.54) is 0 Å². The Morgan fingerprint density at radius 1 is 1.13 bits per heavy atom. The summed E-state index contributed by atoms with van der Waals surface area (Å²) in [5.41, 5.74) is 9.76. The number of benzene rings is 1. The molecule has 0 radical (unpaired) electrons. The topological polar surface area (TPSA) is 101 Å². The monoisotopic (exact) mass is 554 g/mol. The predicted molar refractivity (Wildman–Crippen MR) is 152 cm³/mol. The van der Waals surface area contributed by atoms with E-state index in [-0.39, 0.29) is 11.3 Å². The Morgan fingerprint density at radius 2 is 1.87 bits per heavy atom. The molecule has 3 aromatic rings. The highest BCUT2D eigenvalue weighted by Gasteiger charge is 2.44. The standard InChI is InChI=1S/C28H32Cl2N6O2/c1-17-26(30)25(22(29)14-33-17)18(2)38-20-5-6-23(31)21(12-20)27(32)19-4-7-24(34-13-19)35-15-28(3,16-35)36-8-10-37-11-9-36/h4-7,12-14,18,32H,8-11,15-16,31H2,1-3H3/t18-/m1/s1. The lowest BCUT2D eigenvalue weighted by Gasteiger charge is -2.55. The molecular formula is C28H32Cl2N6O2. The zero-order valence-electron chi connectivity index (χ0n) is 21.8. The minimum atomic E-state index is -0.428. The molecule has 2 aliphatic heterocycles. The Labute approximate surface area is 233 Å². The Morgan fingerprint density at radius 3 is 2.55 bits per heavy atom. The number of aromatic nitrogens is 2. The summed E-state index contributed by atoms with van der Waals surface area (Å²) in [6.07, 6.45) is 2.88. The molecule has 8 nitrogen and oxygen atoms in total. The van der Waals surface area contributed by atoms with Crippen LogP contribution in [0.3, 0.4) is 0 Å². The summed E-state index contributed by atoms with van der Waals surface area (Å²) < 4.78 is 11.7. The number of ether oxygens (including phenoxy) is 2. The van der Waals surface area contributed by atoms with Gasteiger partial charge in [0.05, 0.1) is 40.2 Å². The Kier molecular flexibility index (Phi) is 7.51. The number of nitrogens with zero attached hydrogens (tertiary/aromatic N) is 4. The highest BCUT2D eigenvalue weighted by molar-refractivity contribution is 6.36. The molecule has 5 rings (SSSR count). The number of halogens is 2. The number of pyridine rings is 2. The fourth-order valence-electron chi connectivity index (χ4n) is 5.16. The zero-order chi connectivity index (χ0) is 27.0. The van der Waals surface area contributed by atoms with E-state index < -0.39 is 6.10 Å². The minimum Gasteiger partial charge on any atom is -0.486 e. The molecule has 1 atom stereocenters. The van der Waals surface area contributed by atoms with Crippen LogP contribution < -0.4 is 15.4 Å². The molecule has 3 N–H and O–H groups in total. The molecule has 0 bridgehead atoms. The largest absolute Gasteiger partial charge is 0.486 e. The van der Waals surface area contributed by atoms with E-state index in [9.17, 15) is 0 Å². The average molecular weight is 556 g/mol. The van der Waals surface area contributed by atoms with E-state index in [1.54, 1.807) is 30.6 Å². The molecule has 2 aliphatic rings. The molecule has 38 heavy (non-hydrogen) atoms. The van der Waals surface area contributed by atoms with Crippen LogP contribution in [0.1, 0.15) is 42.3 Å². The normalized spacial score (nSPS) is 18.1. The van der Waals surface area contributed by atoms with Gasteiger partial charge in [-0.2, -0.15) is 0 Å². The van der Waals surface area contributed by atoms with Crippen molar-refractivity contribution in [3.05, 3.63) is 75.2 Å². The van der Waals surface area contributed by atoms with Gasteiger partial charge >= 0.3 is 0 Å². The van der Waals surface area contributed by atoms with Gasteiger partial charge in [0, 0.05) is 61.0 Å². The number of hydrogen-bond donors (Lipinski definition) is 2. The van der Waals surface area contributed by atoms with Crippen LogP contribution in [-0.4, -0.2) is 65.5 Å². The van der Waals surface area contributed by atoms with Crippen LogP contribution in [0.25, 0.3) is 0 Å². The van der Waals surface area contributed by atoms with Gasteiger partial charge in [-0.25, -0.2) is 4.98 Å². The molecule has 1 aromatic carbocycles. The summed E-state index contributed by atoms with van der Waals surface area (Å²) in [6, 6.07) is 9.17. The van der Waals surface area contributed by atoms with Gasteiger partial charge in [0.15, 0.2) is 0 Å². The van der Waals surface area contributed by atoms with E-state index in [2.05, 4.69) is 26.7 Å². The molecule has 0 aliphatic carbocycles. The second kappa shape index (κ2) is 10.7. The molecule has 0 unspecified atom stereocenters. The molecule has 2 saturated heterocycles. The van der Waals surface area contributed by atoms with Crippen LogP contribution in [-0.2, 0) is 4.74 Å². The van der Waals surface area contributed by atoms with Gasteiger partial charge in [-0.1, -0.05) is 23.2 Å². The SMILES string of the molecule is Cc1ncc(Cl)c([C@@H](C)Oc2ccc(N)c(C(=N)c3ccc(N4CC(C)(N5CCOCC5)C4)nc3)c2)c1Cl. The van der Waals surface area contributed by atoms with Crippen molar-refractivity contribution >= 4 is 40.4 Å². The number of nitrogens with two attached hydrogens (primary N) is 1. The number of rotatable bonds is 7. The first-order chi connectivity index (χ1) is 18.2. The van der Waals surface area contributed by atoms with Gasteiger partial charge in [0.25, 0.3) is 0 Å². The molecule has 0 spiro atoms. The third-order valence-electron chi connectivity index (χ3n) is 7.39. The van der Waals surface area contributed by atoms with Crippen LogP contribution in [0.2, 0.25) is 10.0 Å². The summed E-state index contributed by atoms with van der Waals surface area (Å²) in [5, 5.41) is 9.75. The van der Waals surface area contributed by atoms with Gasteiger partial charge in [0.1, 0.15) is 17.7 Å². The van der Waals surface area contributed by atoms with Crippen molar-refractivity contribution in [3.8, 4) is 5.75 Å². The van der Waals surface area contributed by atoms with Gasteiger partial charge < -0.3 is 20.1 Å². The molecule has 2 aromatic heterocycles. The highest BCUT2D eigenvalue weighted by atomic mass is 35.5. The van der Waals surface area contributed by atoms with Gasteiger partial charge in [-0.15, -0.1) is 0 Å². The van der Waals surface area contributed by atoms with E-state index in [4.69, 9.17) is 43.8 Å². The fourth-order valence-corrected chi connectivity index (χ4v) is 5.81. The lowest BCUT2D eigenvalue weighted by atomic mass is 9.89. The molecule has 0 saturated carbocycles. The predicted octanol–water partition coefficient (Wildman–Crippen LogP) is 5.14. The van der Waals surface area contributed by atoms with Crippen molar-refractivity contribution in [2.24, 2.45) is 0 Å². The molecule has 0 amide bonds. The summed E-state index contributed by atoms with van der Waals surface area (Å²) in [6.45, 7) is 11.4. The number of nitrogen functional groups attached to an aromatic ring is 1. The van der Waals surface area contributed by atoms with Crippen molar-refractivity contribution < 1.29 is 9.47 Å². The molecular weight excluding hydrogens is 523 g/mol. The van der Waals surface area contributed by atoms with Crippen molar-refractivity contribution in [2.75, 3.05) is 50.0 Å². The van der Waals surface area contributed by atoms with Gasteiger partial charge in [-0.3, -0.25) is 15.3 Å². The van der Waals surface area contributed by atoms with E-state index in [0.29, 0.717) is 43.9 Å². The Hall–Kier alpha value is -2.91. The number of morpholine rings is 1. The molecule has 10 heteroatoms. The Bertz CT molecular complexity index is 1340. The number of aryl methyl sites for hydroxylation is 1. The van der Waals surface area contributed by atoms with Crippen LogP contribution in [0.4, 0.5) is 11.5 Å². The van der Waals surface area contributed by atoms with Crippen molar-refractivity contribution in [1.82, 2.24) is 14.9 Å². The number of anilines is 2. The fraction of sp³-hybridized carbons (Fsp3) is 0.393. The quantitative estimate of drug-likeness (QED) is 0.308. The minimum absolute atomic E-state index is 0.145. The highest BCUT2D eigenvalue weighted by Crippen LogP contribution is 2.35. The van der Waals surface area contributed by atoms with Crippen molar-refractivity contribution in [2.45, 2.75) is 32.4 Å². The molecule has 2 fully saturated rings. The number of nitrogens with one attached hydrogen (secondary N) is 1. The second-order valence-corrected chi connectivity index (χ2v) is 10.9. The first kappa shape index (κ1) is 26.7. The zero-order valence-corrected chi connectivity index (χ0v) is 23.3. The number of hydrogen-bond acceptors (Lipinski definition) is 8. The first-order valence-electron chi connectivity index (χ1n) is 12.7. The lowest BCUT2D eigenvalue weighted by molar-refractivity contribution is -0.0266. The van der Waals surface area contributed by atoms with Crippen LogP contribution >= 0.6 is 23.2 Å². The van der Waals surface area contributed by atoms with Crippen LogP contribution in [0.5, 0.6) is 5.75 Å². The second-order valence-electron chi connectivity index (χ2n) is 10.2. The first-order valence-corrected chi connectivity index (χ1v) is 13.4. The third-order valence-corrected chi connectivity index (χ3v) is 8.17. The summed E-state index contributed by atoms with van der Waals surface area (Å²) >= 11 is 12.8. The summed E-state index contributed by atoms with van der Waals surface area (Å²) in [5.74, 6) is 1.47. The Balaban J connectivity index is 1.28. The smallest absolute Gasteiger partial charge is 0.128 e. The van der Waals surface area contributed by atoms with Crippen LogP contribution in [0, 0.1) is 12.3 Å². The average Bonchev–Trinajstić information content (AvgIpc) is 2.90. The van der Waals surface area contributed by atoms with Gasteiger partial charge in [-0.05, 0) is 51.1 Å². The third kappa shape index (κ3) is 5.18. The van der Waals surface area contributed by atoms with Crippen molar-refractivity contribution in [3.63, 3.8) is 0 Å². The summed E-state index contributed by atoms with van der Waals surface area (Å²) in [4.78, 5) is 13.6. The lowest BCUT2D eigenvalue weighted by Crippen LogP contribution is -2.70. The van der Waals surface area contributed by atoms with E-state index in [0.717, 1.165) is 45.2 Å². The maximum atomic E-state index is 8.83. The molecule has 4 heterocycles. The van der Waals surface area contributed by atoms with E-state index in [1.807, 2.05) is 26.0 Å². The van der Waals surface area contributed by atoms with E-state index >= 15 is 0 Å². The van der Waals surface area contributed by atoms with Crippen molar-refractivity contribution in [1.29, 1.82) is 5.41 Å². The molecule has 200 valence electrons. The summed E-state index contributed by atoms with van der Waals surface area (Å²) in [7, 11) is 0. The maximum absolute atomic E-state index is 8.83.